The zero-order valence-electron chi connectivity index (χ0n) is 8.83. The highest BCUT2D eigenvalue weighted by molar-refractivity contribution is 14.1. The first-order valence-corrected chi connectivity index (χ1v) is 6.13. The fourth-order valence-electron chi connectivity index (χ4n) is 1.66. The summed E-state index contributed by atoms with van der Waals surface area (Å²) in [5.74, 6) is -1.75. The van der Waals surface area contributed by atoms with Gasteiger partial charge >= 0.3 is 0 Å². The monoisotopic (exact) mass is 345 g/mol. The van der Waals surface area contributed by atoms with Crippen LogP contribution in [0.3, 0.4) is 0 Å². The first-order valence-electron chi connectivity index (χ1n) is 5.05. The number of nitrogens with two attached hydrogens (primary N) is 1. The quantitative estimate of drug-likeness (QED) is 0.827. The summed E-state index contributed by atoms with van der Waals surface area (Å²) in [5, 5.41) is 0. The molecule has 4 heteroatoms. The maximum atomic E-state index is 13.6. The van der Waals surface area contributed by atoms with E-state index in [9.17, 15) is 8.78 Å². The standard InChI is InChI=1S/C13H10F2IN/c14-10-6-3-5-9(12(10)15)13(17)8-4-1-2-7-11(8)16/h1-7,13H,17H2. The highest BCUT2D eigenvalue weighted by Crippen LogP contribution is 2.26. The third kappa shape index (κ3) is 2.47. The fraction of sp³-hybridized carbons (Fsp3) is 0.0769. The van der Waals surface area contributed by atoms with Crippen LogP contribution in [0.2, 0.25) is 0 Å². The molecule has 0 fully saturated rings. The van der Waals surface area contributed by atoms with Crippen molar-refractivity contribution in [1.29, 1.82) is 0 Å². The Labute approximate surface area is 112 Å². The van der Waals surface area contributed by atoms with Crippen molar-refractivity contribution in [3.8, 4) is 0 Å². The highest BCUT2D eigenvalue weighted by Gasteiger charge is 2.17. The van der Waals surface area contributed by atoms with Gasteiger partial charge in [0.2, 0.25) is 0 Å². The highest BCUT2D eigenvalue weighted by atomic mass is 127. The maximum Gasteiger partial charge on any atom is 0.163 e. The number of rotatable bonds is 2. The minimum Gasteiger partial charge on any atom is -0.320 e. The van der Waals surface area contributed by atoms with Crippen LogP contribution in [0.15, 0.2) is 42.5 Å². The molecule has 17 heavy (non-hydrogen) atoms. The summed E-state index contributed by atoms with van der Waals surface area (Å²) < 4.78 is 27.7. The molecular weight excluding hydrogens is 335 g/mol. The van der Waals surface area contributed by atoms with Crippen molar-refractivity contribution >= 4 is 22.6 Å². The van der Waals surface area contributed by atoms with E-state index in [1.807, 2.05) is 24.3 Å². The maximum absolute atomic E-state index is 13.6. The van der Waals surface area contributed by atoms with E-state index in [-0.39, 0.29) is 5.56 Å². The third-order valence-corrected chi connectivity index (χ3v) is 3.54. The van der Waals surface area contributed by atoms with E-state index in [2.05, 4.69) is 22.6 Å². The van der Waals surface area contributed by atoms with E-state index in [0.29, 0.717) is 0 Å². The van der Waals surface area contributed by atoms with Gasteiger partial charge in [0.15, 0.2) is 11.6 Å². The van der Waals surface area contributed by atoms with Gasteiger partial charge in [0.05, 0.1) is 6.04 Å². The zero-order chi connectivity index (χ0) is 12.4. The van der Waals surface area contributed by atoms with E-state index in [1.54, 1.807) is 0 Å². The summed E-state index contributed by atoms with van der Waals surface area (Å²) in [7, 11) is 0. The average molecular weight is 345 g/mol. The number of halogens is 3. The smallest absolute Gasteiger partial charge is 0.163 e. The summed E-state index contributed by atoms with van der Waals surface area (Å²) in [6.07, 6.45) is 0. The lowest BCUT2D eigenvalue weighted by atomic mass is 9.99. The van der Waals surface area contributed by atoms with E-state index in [1.165, 1.54) is 12.1 Å². The van der Waals surface area contributed by atoms with Crippen LogP contribution in [0.25, 0.3) is 0 Å². The molecule has 2 N–H and O–H groups in total. The predicted octanol–water partition coefficient (Wildman–Crippen LogP) is 3.62. The summed E-state index contributed by atoms with van der Waals surface area (Å²) in [4.78, 5) is 0. The van der Waals surface area contributed by atoms with Gasteiger partial charge in [-0.2, -0.15) is 0 Å². The fourth-order valence-corrected chi connectivity index (χ4v) is 2.38. The molecule has 0 saturated heterocycles. The number of benzene rings is 2. The largest absolute Gasteiger partial charge is 0.320 e. The van der Waals surface area contributed by atoms with Crippen molar-refractivity contribution in [3.05, 3.63) is 68.8 Å². The molecule has 2 aromatic rings. The van der Waals surface area contributed by atoms with Crippen LogP contribution in [0.5, 0.6) is 0 Å². The van der Waals surface area contributed by atoms with Gasteiger partial charge in [-0.25, -0.2) is 8.78 Å². The molecule has 0 amide bonds. The van der Waals surface area contributed by atoms with Crippen LogP contribution in [0, 0.1) is 15.2 Å². The van der Waals surface area contributed by atoms with E-state index >= 15 is 0 Å². The Bertz CT molecular complexity index is 543. The van der Waals surface area contributed by atoms with Crippen molar-refractivity contribution in [2.24, 2.45) is 5.73 Å². The van der Waals surface area contributed by atoms with Crippen molar-refractivity contribution in [3.63, 3.8) is 0 Å². The van der Waals surface area contributed by atoms with Gasteiger partial charge in [-0.1, -0.05) is 30.3 Å². The lowest BCUT2D eigenvalue weighted by molar-refractivity contribution is 0.494. The van der Waals surface area contributed by atoms with Gasteiger partial charge < -0.3 is 5.73 Å². The van der Waals surface area contributed by atoms with Crippen molar-refractivity contribution < 1.29 is 8.78 Å². The molecule has 88 valence electrons. The molecule has 1 unspecified atom stereocenters. The Kier molecular flexibility index (Phi) is 3.73. The van der Waals surface area contributed by atoms with Crippen LogP contribution in [-0.2, 0) is 0 Å². The van der Waals surface area contributed by atoms with Crippen LogP contribution < -0.4 is 5.73 Å². The molecule has 0 aromatic heterocycles. The lowest BCUT2D eigenvalue weighted by Gasteiger charge is -2.15. The number of hydrogen-bond donors (Lipinski definition) is 1. The third-order valence-electron chi connectivity index (χ3n) is 2.56. The van der Waals surface area contributed by atoms with E-state index < -0.39 is 17.7 Å². The average Bonchev–Trinajstić information content (AvgIpc) is 2.32. The topological polar surface area (TPSA) is 26.0 Å². The van der Waals surface area contributed by atoms with Gasteiger partial charge in [0.25, 0.3) is 0 Å². The van der Waals surface area contributed by atoms with Crippen LogP contribution in [0.1, 0.15) is 17.2 Å². The molecule has 0 aliphatic rings. The Morgan fingerprint density at radius 2 is 1.59 bits per heavy atom. The van der Waals surface area contributed by atoms with Gasteiger partial charge in [-0.05, 0) is 40.3 Å². The van der Waals surface area contributed by atoms with Crippen LogP contribution in [0.4, 0.5) is 8.78 Å². The van der Waals surface area contributed by atoms with Gasteiger partial charge in [-0.15, -0.1) is 0 Å². The second-order valence-electron chi connectivity index (χ2n) is 3.64. The van der Waals surface area contributed by atoms with Gasteiger partial charge in [-0.3, -0.25) is 0 Å². The molecular formula is C13H10F2IN. The van der Waals surface area contributed by atoms with Crippen LogP contribution in [-0.4, -0.2) is 0 Å². The Morgan fingerprint density at radius 1 is 0.941 bits per heavy atom. The van der Waals surface area contributed by atoms with Gasteiger partial charge in [0, 0.05) is 9.13 Å². The second-order valence-corrected chi connectivity index (χ2v) is 4.80. The molecule has 2 rings (SSSR count). The molecule has 0 heterocycles. The Morgan fingerprint density at radius 3 is 2.29 bits per heavy atom. The van der Waals surface area contributed by atoms with Gasteiger partial charge in [0.1, 0.15) is 0 Å². The molecule has 1 atom stereocenters. The summed E-state index contributed by atoms with van der Waals surface area (Å²) >= 11 is 2.13. The van der Waals surface area contributed by atoms with Crippen molar-refractivity contribution in [1.82, 2.24) is 0 Å². The van der Waals surface area contributed by atoms with Crippen molar-refractivity contribution in [2.45, 2.75) is 6.04 Å². The normalized spacial score (nSPS) is 12.5. The Balaban J connectivity index is 2.48. The van der Waals surface area contributed by atoms with Crippen LogP contribution >= 0.6 is 22.6 Å². The SMILES string of the molecule is NC(c1ccccc1I)c1cccc(F)c1F. The molecule has 2 aromatic carbocycles. The molecule has 0 saturated carbocycles. The summed E-state index contributed by atoms with van der Waals surface area (Å²) in [6.45, 7) is 0. The molecule has 1 nitrogen and oxygen atoms in total. The molecule has 0 aliphatic carbocycles. The minimum absolute atomic E-state index is 0.175. The van der Waals surface area contributed by atoms with E-state index in [4.69, 9.17) is 5.73 Å². The molecule has 0 spiro atoms. The lowest BCUT2D eigenvalue weighted by Crippen LogP contribution is -2.15. The molecule has 0 radical (unpaired) electrons. The zero-order valence-corrected chi connectivity index (χ0v) is 11.0. The molecule has 0 bridgehead atoms. The second kappa shape index (κ2) is 5.10. The first-order chi connectivity index (χ1) is 8.11. The summed E-state index contributed by atoms with van der Waals surface area (Å²) in [5.41, 5.74) is 6.94. The molecule has 0 aliphatic heterocycles. The van der Waals surface area contributed by atoms with Crippen molar-refractivity contribution in [2.75, 3.05) is 0 Å². The predicted molar refractivity (Wildman–Crippen MR) is 71.5 cm³/mol. The first kappa shape index (κ1) is 12.4. The van der Waals surface area contributed by atoms with E-state index in [0.717, 1.165) is 15.2 Å². The number of hydrogen-bond acceptors (Lipinski definition) is 1. The Hall–Kier alpha value is -1.01. The minimum atomic E-state index is -0.875. The summed E-state index contributed by atoms with van der Waals surface area (Å²) in [6, 6.07) is 10.8.